The van der Waals surface area contributed by atoms with Crippen LogP contribution in [-0.2, 0) is 11.8 Å². The first-order chi connectivity index (χ1) is 9.59. The third kappa shape index (κ3) is 2.48. The Kier molecular flexibility index (Phi) is 3.57. The molecule has 0 atom stereocenters. The first kappa shape index (κ1) is 13.7. The number of benzene rings is 2. The summed E-state index contributed by atoms with van der Waals surface area (Å²) in [4.78, 5) is 0. The lowest BCUT2D eigenvalue weighted by atomic mass is 9.70. The van der Waals surface area contributed by atoms with Crippen LogP contribution in [0.3, 0.4) is 0 Å². The number of nitrogens with one attached hydrogen (secondary N) is 1. The molecular weight excluding hydrogens is 266 g/mol. The maximum absolute atomic E-state index is 6.41. The van der Waals surface area contributed by atoms with Gasteiger partial charge in [0.15, 0.2) is 0 Å². The normalized spacial score (nSPS) is 16.8. The van der Waals surface area contributed by atoms with Gasteiger partial charge in [-0.05, 0) is 43.0 Å². The van der Waals surface area contributed by atoms with Gasteiger partial charge in [-0.3, -0.25) is 0 Å². The highest BCUT2D eigenvalue weighted by Crippen LogP contribution is 2.35. The zero-order valence-electron chi connectivity index (χ0n) is 12.0. The van der Waals surface area contributed by atoms with Crippen molar-refractivity contribution >= 4 is 11.6 Å². The van der Waals surface area contributed by atoms with Gasteiger partial charge >= 0.3 is 0 Å². The van der Waals surface area contributed by atoms with Crippen molar-refractivity contribution in [1.29, 1.82) is 0 Å². The van der Waals surface area contributed by atoms with Gasteiger partial charge < -0.3 is 5.32 Å². The molecule has 3 rings (SSSR count). The van der Waals surface area contributed by atoms with E-state index in [-0.39, 0.29) is 5.41 Å². The molecule has 0 unspecified atom stereocenters. The summed E-state index contributed by atoms with van der Waals surface area (Å²) in [5.41, 5.74) is 5.41. The first-order valence-electron chi connectivity index (χ1n) is 7.12. The quantitative estimate of drug-likeness (QED) is 0.897. The Hall–Kier alpha value is -1.31. The maximum atomic E-state index is 6.41. The van der Waals surface area contributed by atoms with Crippen LogP contribution in [0.5, 0.6) is 0 Å². The number of rotatable bonds is 3. The molecule has 1 fully saturated rings. The molecule has 104 valence electrons. The second-order valence-electron chi connectivity index (χ2n) is 6.03. The van der Waals surface area contributed by atoms with Crippen LogP contribution in [0.4, 0.5) is 0 Å². The van der Waals surface area contributed by atoms with E-state index in [0.717, 1.165) is 24.5 Å². The summed E-state index contributed by atoms with van der Waals surface area (Å²) in [5, 5.41) is 4.32. The molecule has 0 spiro atoms. The van der Waals surface area contributed by atoms with E-state index in [9.17, 15) is 0 Å². The van der Waals surface area contributed by atoms with Crippen molar-refractivity contribution in [1.82, 2.24) is 5.32 Å². The molecule has 0 aliphatic carbocycles. The van der Waals surface area contributed by atoms with E-state index in [2.05, 4.69) is 61.6 Å². The third-order valence-corrected chi connectivity index (χ3v) is 4.65. The highest BCUT2D eigenvalue weighted by Gasteiger charge is 2.39. The third-order valence-electron chi connectivity index (χ3n) is 4.29. The Morgan fingerprint density at radius 1 is 1.05 bits per heavy atom. The topological polar surface area (TPSA) is 12.0 Å². The Morgan fingerprint density at radius 3 is 2.40 bits per heavy atom. The average Bonchev–Trinajstić information content (AvgIpc) is 2.36. The smallest absolute Gasteiger partial charge is 0.0440 e. The second kappa shape index (κ2) is 5.23. The van der Waals surface area contributed by atoms with Crippen LogP contribution in [0.15, 0.2) is 42.5 Å². The molecule has 1 aliphatic heterocycles. The molecule has 20 heavy (non-hydrogen) atoms. The summed E-state index contributed by atoms with van der Waals surface area (Å²) in [7, 11) is 0. The van der Waals surface area contributed by atoms with Gasteiger partial charge in [0.25, 0.3) is 0 Å². The fourth-order valence-electron chi connectivity index (χ4n) is 2.99. The zero-order chi connectivity index (χ0) is 14.2. The average molecular weight is 286 g/mol. The van der Waals surface area contributed by atoms with E-state index >= 15 is 0 Å². The fourth-order valence-corrected chi connectivity index (χ4v) is 3.30. The second-order valence-corrected chi connectivity index (χ2v) is 6.43. The van der Waals surface area contributed by atoms with Crippen LogP contribution < -0.4 is 5.32 Å². The maximum Gasteiger partial charge on any atom is 0.0440 e. The largest absolute Gasteiger partial charge is 0.315 e. The molecule has 1 saturated heterocycles. The molecule has 0 bridgehead atoms. The predicted octanol–water partition coefficient (Wildman–Crippen LogP) is 4.04. The first-order valence-corrected chi connectivity index (χ1v) is 7.50. The number of hydrogen-bond acceptors (Lipinski definition) is 1. The minimum absolute atomic E-state index is 0.199. The van der Waals surface area contributed by atoms with E-state index < -0.39 is 0 Å². The summed E-state index contributed by atoms with van der Waals surface area (Å²) in [5.74, 6) is 0. The van der Waals surface area contributed by atoms with Crippen LogP contribution in [0.2, 0.25) is 5.02 Å². The van der Waals surface area contributed by atoms with Gasteiger partial charge in [0.2, 0.25) is 0 Å². The zero-order valence-corrected chi connectivity index (χ0v) is 12.8. The van der Waals surface area contributed by atoms with Gasteiger partial charge in [-0.2, -0.15) is 0 Å². The summed E-state index contributed by atoms with van der Waals surface area (Å²) < 4.78 is 0. The Bertz CT molecular complexity index is 629. The van der Waals surface area contributed by atoms with E-state index in [1.165, 1.54) is 22.3 Å². The highest BCUT2D eigenvalue weighted by atomic mass is 35.5. The Labute approximate surface area is 126 Å². The molecule has 0 radical (unpaired) electrons. The lowest BCUT2D eigenvalue weighted by Crippen LogP contribution is -2.58. The molecule has 1 N–H and O–H groups in total. The molecule has 0 aromatic heterocycles. The van der Waals surface area contributed by atoms with E-state index in [0.29, 0.717) is 0 Å². The van der Waals surface area contributed by atoms with Crippen molar-refractivity contribution < 1.29 is 0 Å². The van der Waals surface area contributed by atoms with E-state index in [4.69, 9.17) is 11.6 Å². The molecule has 0 amide bonds. The van der Waals surface area contributed by atoms with E-state index in [1.807, 2.05) is 0 Å². The molecule has 1 heterocycles. The number of aryl methyl sites for hydroxylation is 2. The van der Waals surface area contributed by atoms with Gasteiger partial charge in [-0.15, -0.1) is 0 Å². The molecule has 2 heteroatoms. The molecule has 0 saturated carbocycles. The number of hydrogen-bond donors (Lipinski definition) is 1. The van der Waals surface area contributed by atoms with Crippen LogP contribution in [0.1, 0.15) is 22.3 Å². The van der Waals surface area contributed by atoms with Gasteiger partial charge in [-0.1, -0.05) is 53.6 Å². The van der Waals surface area contributed by atoms with Gasteiger partial charge in [0.05, 0.1) is 0 Å². The van der Waals surface area contributed by atoms with Gasteiger partial charge in [0, 0.05) is 23.5 Å². The standard InChI is InChI=1S/C18H20ClN/c1-13-4-3-5-16(8-13)18(11-20-12-18)10-15-7-6-14(2)9-17(15)19/h3-9,20H,10-12H2,1-2H3. The molecule has 2 aromatic carbocycles. The minimum atomic E-state index is 0.199. The minimum Gasteiger partial charge on any atom is -0.315 e. The summed E-state index contributed by atoms with van der Waals surface area (Å²) in [6, 6.07) is 15.3. The number of halogens is 1. The Balaban J connectivity index is 1.94. The fraction of sp³-hybridized carbons (Fsp3) is 0.333. The lowest BCUT2D eigenvalue weighted by molar-refractivity contribution is 0.274. The predicted molar refractivity (Wildman–Crippen MR) is 85.6 cm³/mol. The highest BCUT2D eigenvalue weighted by molar-refractivity contribution is 6.31. The van der Waals surface area contributed by atoms with Crippen molar-refractivity contribution in [3.63, 3.8) is 0 Å². The lowest BCUT2D eigenvalue weighted by Gasteiger charge is -2.44. The van der Waals surface area contributed by atoms with E-state index in [1.54, 1.807) is 0 Å². The molecular formula is C18H20ClN. The van der Waals surface area contributed by atoms with Crippen molar-refractivity contribution in [3.8, 4) is 0 Å². The molecule has 1 aliphatic rings. The van der Waals surface area contributed by atoms with Crippen LogP contribution in [0, 0.1) is 13.8 Å². The van der Waals surface area contributed by atoms with Crippen LogP contribution in [-0.4, -0.2) is 13.1 Å². The van der Waals surface area contributed by atoms with Crippen LogP contribution in [0.25, 0.3) is 0 Å². The van der Waals surface area contributed by atoms with Gasteiger partial charge in [0.1, 0.15) is 0 Å². The molecule has 2 aromatic rings. The SMILES string of the molecule is Cc1cccc(C2(Cc3ccc(C)cc3Cl)CNC2)c1. The van der Waals surface area contributed by atoms with Gasteiger partial charge in [-0.25, -0.2) is 0 Å². The summed E-state index contributed by atoms with van der Waals surface area (Å²) in [6.07, 6.45) is 1.00. The monoisotopic (exact) mass is 285 g/mol. The van der Waals surface area contributed by atoms with Crippen LogP contribution >= 0.6 is 11.6 Å². The van der Waals surface area contributed by atoms with Crippen molar-refractivity contribution in [2.24, 2.45) is 0 Å². The summed E-state index contributed by atoms with van der Waals surface area (Å²) >= 11 is 6.41. The molecule has 1 nitrogen and oxygen atoms in total. The Morgan fingerprint density at radius 2 is 1.80 bits per heavy atom. The summed E-state index contributed by atoms with van der Waals surface area (Å²) in [6.45, 7) is 6.29. The van der Waals surface area contributed by atoms with Crippen molar-refractivity contribution in [2.45, 2.75) is 25.7 Å². The van der Waals surface area contributed by atoms with Crippen molar-refractivity contribution in [3.05, 3.63) is 69.7 Å². The van der Waals surface area contributed by atoms with Crippen molar-refractivity contribution in [2.75, 3.05) is 13.1 Å².